The molecule has 3 nitrogen and oxygen atoms in total. The third-order valence-electron chi connectivity index (χ3n) is 1.62. The molecule has 1 heterocycles. The maximum Gasteiger partial charge on any atom is 0.123 e. The van der Waals surface area contributed by atoms with Gasteiger partial charge in [-0.1, -0.05) is 0 Å². The summed E-state index contributed by atoms with van der Waals surface area (Å²) >= 11 is 0. The summed E-state index contributed by atoms with van der Waals surface area (Å²) in [5, 5.41) is 9.58. The van der Waals surface area contributed by atoms with E-state index in [9.17, 15) is 9.90 Å². The van der Waals surface area contributed by atoms with Gasteiger partial charge in [0.15, 0.2) is 0 Å². The molecule has 0 aliphatic rings. The molecule has 0 fully saturated rings. The average molecular weight is 154 g/mol. The molecule has 0 aliphatic heterocycles. The van der Waals surface area contributed by atoms with Crippen molar-refractivity contribution in [2.45, 2.75) is 18.9 Å². The second-order valence-corrected chi connectivity index (χ2v) is 2.66. The number of aliphatic hydroxyl groups is 1. The van der Waals surface area contributed by atoms with E-state index in [0.717, 1.165) is 0 Å². The van der Waals surface area contributed by atoms with E-state index in [4.69, 9.17) is 4.42 Å². The molecule has 3 heteroatoms. The van der Waals surface area contributed by atoms with Crippen LogP contribution < -0.4 is 0 Å². The lowest BCUT2D eigenvalue weighted by Gasteiger charge is -2.17. The van der Waals surface area contributed by atoms with Crippen molar-refractivity contribution in [1.82, 2.24) is 0 Å². The van der Waals surface area contributed by atoms with Crippen LogP contribution in [0.1, 0.15) is 18.9 Å². The zero-order chi connectivity index (χ0) is 8.32. The second kappa shape index (κ2) is 2.88. The van der Waals surface area contributed by atoms with E-state index in [1.54, 1.807) is 13.0 Å². The van der Waals surface area contributed by atoms with Gasteiger partial charge in [0.05, 0.1) is 18.1 Å². The topological polar surface area (TPSA) is 50.4 Å². The van der Waals surface area contributed by atoms with Crippen molar-refractivity contribution in [1.29, 1.82) is 0 Å². The van der Waals surface area contributed by atoms with Gasteiger partial charge in [0.2, 0.25) is 0 Å². The second-order valence-electron chi connectivity index (χ2n) is 2.66. The van der Waals surface area contributed by atoms with Gasteiger partial charge in [0.25, 0.3) is 0 Å². The molecular weight excluding hydrogens is 144 g/mol. The number of carbonyl (C=O) groups is 1. The summed E-state index contributed by atoms with van der Waals surface area (Å²) in [6.45, 7) is 1.58. The van der Waals surface area contributed by atoms with Gasteiger partial charge >= 0.3 is 0 Å². The van der Waals surface area contributed by atoms with Crippen LogP contribution in [0.3, 0.4) is 0 Å². The quantitative estimate of drug-likeness (QED) is 0.662. The first kappa shape index (κ1) is 8.01. The van der Waals surface area contributed by atoms with Gasteiger partial charge in [-0.3, -0.25) is 0 Å². The Labute approximate surface area is 64.6 Å². The fourth-order valence-corrected chi connectivity index (χ4v) is 0.851. The van der Waals surface area contributed by atoms with E-state index in [0.29, 0.717) is 11.8 Å². The molecule has 1 atom stereocenters. The van der Waals surface area contributed by atoms with Gasteiger partial charge in [0, 0.05) is 12.0 Å². The largest absolute Gasteiger partial charge is 0.472 e. The summed E-state index contributed by atoms with van der Waals surface area (Å²) in [7, 11) is 0. The molecule has 0 saturated heterocycles. The highest BCUT2D eigenvalue weighted by Gasteiger charge is 2.23. The number of furan rings is 1. The smallest absolute Gasteiger partial charge is 0.123 e. The maximum absolute atomic E-state index is 10.1. The molecule has 0 spiro atoms. The Balaban J connectivity index is 2.81. The predicted octanol–water partition coefficient (Wildman–Crippen LogP) is 1.08. The Morgan fingerprint density at radius 1 is 1.82 bits per heavy atom. The fourth-order valence-electron chi connectivity index (χ4n) is 0.851. The molecule has 0 aromatic carbocycles. The zero-order valence-corrected chi connectivity index (χ0v) is 6.28. The molecule has 1 unspecified atom stereocenters. The number of aldehydes is 1. The number of rotatable bonds is 3. The zero-order valence-electron chi connectivity index (χ0n) is 6.28. The summed E-state index contributed by atoms with van der Waals surface area (Å²) in [6, 6.07) is 1.64. The molecule has 0 saturated carbocycles. The van der Waals surface area contributed by atoms with Crippen LogP contribution >= 0.6 is 0 Å². The molecule has 1 aromatic rings. The molecular formula is C8H10O3. The van der Waals surface area contributed by atoms with E-state index in [-0.39, 0.29) is 6.42 Å². The lowest BCUT2D eigenvalue weighted by Crippen LogP contribution is -2.20. The lowest BCUT2D eigenvalue weighted by molar-refractivity contribution is -0.112. The van der Waals surface area contributed by atoms with E-state index >= 15 is 0 Å². The van der Waals surface area contributed by atoms with Crippen molar-refractivity contribution in [3.63, 3.8) is 0 Å². The summed E-state index contributed by atoms with van der Waals surface area (Å²) < 4.78 is 4.77. The van der Waals surface area contributed by atoms with Crippen molar-refractivity contribution in [2.75, 3.05) is 0 Å². The van der Waals surface area contributed by atoms with E-state index < -0.39 is 5.60 Å². The predicted molar refractivity (Wildman–Crippen MR) is 39.0 cm³/mol. The number of hydrogen-bond acceptors (Lipinski definition) is 3. The number of carbonyl (C=O) groups excluding carboxylic acids is 1. The third-order valence-corrected chi connectivity index (χ3v) is 1.62. The first-order chi connectivity index (χ1) is 5.17. The van der Waals surface area contributed by atoms with Crippen LogP contribution in [0.5, 0.6) is 0 Å². The molecule has 60 valence electrons. The van der Waals surface area contributed by atoms with Gasteiger partial charge in [0.1, 0.15) is 6.29 Å². The fraction of sp³-hybridized carbons (Fsp3) is 0.375. The monoisotopic (exact) mass is 154 g/mol. The summed E-state index contributed by atoms with van der Waals surface area (Å²) in [5.74, 6) is 0. The molecule has 1 aromatic heterocycles. The Morgan fingerprint density at radius 3 is 3.00 bits per heavy atom. The standard InChI is InChI=1S/C8H10O3/c1-8(10,3-4-9)7-2-5-11-6-7/h2,4-6,10H,3H2,1H3. The Bertz CT molecular complexity index is 223. The summed E-state index contributed by atoms with van der Waals surface area (Å²) in [5.41, 5.74) is -0.459. The van der Waals surface area contributed by atoms with Crippen LogP contribution in [0.2, 0.25) is 0 Å². The van der Waals surface area contributed by atoms with Crippen LogP contribution in [0.15, 0.2) is 23.0 Å². The number of hydrogen-bond donors (Lipinski definition) is 1. The third kappa shape index (κ3) is 1.68. The van der Waals surface area contributed by atoms with Crippen molar-refractivity contribution in [2.24, 2.45) is 0 Å². The van der Waals surface area contributed by atoms with Crippen molar-refractivity contribution in [3.8, 4) is 0 Å². The molecule has 0 aliphatic carbocycles. The Morgan fingerprint density at radius 2 is 2.55 bits per heavy atom. The van der Waals surface area contributed by atoms with E-state index in [1.807, 2.05) is 0 Å². The maximum atomic E-state index is 10.1. The van der Waals surface area contributed by atoms with Crippen LogP contribution in [-0.2, 0) is 10.4 Å². The van der Waals surface area contributed by atoms with Crippen LogP contribution in [0.4, 0.5) is 0 Å². The molecule has 0 amide bonds. The van der Waals surface area contributed by atoms with Crippen LogP contribution in [0, 0.1) is 0 Å². The minimum absolute atomic E-state index is 0.0898. The van der Waals surface area contributed by atoms with E-state index in [1.165, 1.54) is 12.5 Å². The molecule has 1 N–H and O–H groups in total. The molecule has 11 heavy (non-hydrogen) atoms. The Kier molecular flexibility index (Phi) is 2.10. The first-order valence-corrected chi connectivity index (χ1v) is 3.35. The SMILES string of the molecule is CC(O)(CC=O)c1ccoc1. The van der Waals surface area contributed by atoms with Crippen LogP contribution in [-0.4, -0.2) is 11.4 Å². The lowest BCUT2D eigenvalue weighted by atomic mass is 9.96. The van der Waals surface area contributed by atoms with Crippen molar-refractivity contribution in [3.05, 3.63) is 24.2 Å². The molecule has 0 radical (unpaired) electrons. The minimum atomic E-state index is -1.09. The first-order valence-electron chi connectivity index (χ1n) is 3.35. The van der Waals surface area contributed by atoms with Gasteiger partial charge in [-0.15, -0.1) is 0 Å². The van der Waals surface area contributed by atoms with E-state index in [2.05, 4.69) is 0 Å². The summed E-state index contributed by atoms with van der Waals surface area (Å²) in [4.78, 5) is 10.1. The van der Waals surface area contributed by atoms with Gasteiger partial charge in [-0.05, 0) is 13.0 Å². The van der Waals surface area contributed by atoms with Crippen LogP contribution in [0.25, 0.3) is 0 Å². The van der Waals surface area contributed by atoms with Gasteiger partial charge in [-0.2, -0.15) is 0 Å². The summed E-state index contributed by atoms with van der Waals surface area (Å²) in [6.07, 6.45) is 3.68. The average Bonchev–Trinajstić information content (AvgIpc) is 2.37. The minimum Gasteiger partial charge on any atom is -0.472 e. The Hall–Kier alpha value is -1.09. The molecule has 0 bridgehead atoms. The normalized spacial score (nSPS) is 15.8. The van der Waals surface area contributed by atoms with Gasteiger partial charge in [-0.25, -0.2) is 0 Å². The highest BCUT2D eigenvalue weighted by atomic mass is 16.3. The van der Waals surface area contributed by atoms with Crippen molar-refractivity contribution >= 4 is 6.29 Å². The highest BCUT2D eigenvalue weighted by Crippen LogP contribution is 2.23. The molecule has 1 rings (SSSR count). The van der Waals surface area contributed by atoms with Gasteiger partial charge < -0.3 is 14.3 Å². The van der Waals surface area contributed by atoms with Crippen molar-refractivity contribution < 1.29 is 14.3 Å². The highest BCUT2D eigenvalue weighted by molar-refractivity contribution is 5.52.